The molecule has 2 rings (SSSR count). The van der Waals surface area contributed by atoms with Crippen molar-refractivity contribution in [2.24, 2.45) is 4.99 Å². The van der Waals surface area contributed by atoms with Crippen LogP contribution in [0.4, 0.5) is 0 Å². The zero-order valence-corrected chi connectivity index (χ0v) is 13.0. The maximum atomic E-state index is 9.75. The van der Waals surface area contributed by atoms with Crippen LogP contribution >= 0.6 is 11.6 Å². The van der Waals surface area contributed by atoms with E-state index in [2.05, 4.69) is 22.0 Å². The second-order valence-corrected chi connectivity index (χ2v) is 5.62. The van der Waals surface area contributed by atoms with Gasteiger partial charge >= 0.3 is 0 Å². The summed E-state index contributed by atoms with van der Waals surface area (Å²) in [7, 11) is 4.09. The van der Waals surface area contributed by atoms with Gasteiger partial charge in [0.25, 0.3) is 0 Å². The highest BCUT2D eigenvalue weighted by Crippen LogP contribution is 2.20. The Bertz CT molecular complexity index is 638. The van der Waals surface area contributed by atoms with Crippen molar-refractivity contribution in [2.75, 3.05) is 14.1 Å². The first-order valence-electron chi connectivity index (χ1n) is 6.76. The van der Waals surface area contributed by atoms with Gasteiger partial charge in [-0.1, -0.05) is 35.9 Å². The zero-order chi connectivity index (χ0) is 15.2. The van der Waals surface area contributed by atoms with E-state index in [4.69, 9.17) is 11.6 Å². The minimum absolute atomic E-state index is 0.185. The van der Waals surface area contributed by atoms with Gasteiger partial charge in [-0.15, -0.1) is 0 Å². The van der Waals surface area contributed by atoms with E-state index in [1.807, 2.05) is 26.2 Å². The fourth-order valence-electron chi connectivity index (χ4n) is 2.08. The van der Waals surface area contributed by atoms with Crippen molar-refractivity contribution in [1.82, 2.24) is 4.90 Å². The van der Waals surface area contributed by atoms with Crippen LogP contribution in [0.3, 0.4) is 0 Å². The molecule has 0 spiro atoms. The number of phenols is 1. The normalized spacial score (nSPS) is 11.4. The lowest BCUT2D eigenvalue weighted by molar-refractivity contribution is 0.401. The molecule has 4 heteroatoms. The fraction of sp³-hybridized carbons (Fsp3) is 0.235. The van der Waals surface area contributed by atoms with E-state index in [1.54, 1.807) is 24.4 Å². The van der Waals surface area contributed by atoms with Crippen molar-refractivity contribution in [3.8, 4) is 5.75 Å². The molecule has 0 atom stereocenters. The molecule has 0 radical (unpaired) electrons. The van der Waals surface area contributed by atoms with Crippen molar-refractivity contribution in [2.45, 2.75) is 13.1 Å². The third-order valence-electron chi connectivity index (χ3n) is 3.09. The minimum Gasteiger partial charge on any atom is -0.507 e. The molecule has 2 aromatic carbocycles. The zero-order valence-electron chi connectivity index (χ0n) is 12.3. The average Bonchev–Trinajstić information content (AvgIpc) is 2.44. The number of aromatic hydroxyl groups is 1. The molecule has 3 nitrogen and oxygen atoms in total. The topological polar surface area (TPSA) is 35.8 Å². The number of phenolic OH excluding ortho intramolecular Hbond substituents is 1. The number of rotatable bonds is 5. The van der Waals surface area contributed by atoms with E-state index in [9.17, 15) is 5.11 Å². The quantitative estimate of drug-likeness (QED) is 0.854. The Morgan fingerprint density at radius 3 is 2.57 bits per heavy atom. The predicted molar refractivity (Wildman–Crippen MR) is 88.2 cm³/mol. The monoisotopic (exact) mass is 302 g/mol. The van der Waals surface area contributed by atoms with Gasteiger partial charge < -0.3 is 10.0 Å². The Kier molecular flexibility index (Phi) is 5.37. The van der Waals surface area contributed by atoms with E-state index in [0.717, 1.165) is 6.54 Å². The third kappa shape index (κ3) is 4.59. The van der Waals surface area contributed by atoms with Gasteiger partial charge in [0.1, 0.15) is 5.75 Å². The van der Waals surface area contributed by atoms with E-state index >= 15 is 0 Å². The number of halogens is 1. The van der Waals surface area contributed by atoms with Gasteiger partial charge in [-0.2, -0.15) is 0 Å². The first kappa shape index (κ1) is 15.5. The number of hydrogen-bond acceptors (Lipinski definition) is 3. The van der Waals surface area contributed by atoms with Gasteiger partial charge in [0.15, 0.2) is 0 Å². The van der Waals surface area contributed by atoms with Crippen molar-refractivity contribution in [3.63, 3.8) is 0 Å². The van der Waals surface area contributed by atoms with Gasteiger partial charge in [-0.25, -0.2) is 0 Å². The molecule has 0 aromatic heterocycles. The Labute approximate surface area is 130 Å². The second-order valence-electron chi connectivity index (χ2n) is 5.18. The summed E-state index contributed by atoms with van der Waals surface area (Å²) in [4.78, 5) is 6.55. The van der Waals surface area contributed by atoms with Crippen molar-refractivity contribution >= 4 is 17.8 Å². The number of benzene rings is 2. The Morgan fingerprint density at radius 2 is 1.86 bits per heavy atom. The Morgan fingerprint density at radius 1 is 1.14 bits per heavy atom. The lowest BCUT2D eigenvalue weighted by Crippen LogP contribution is -2.12. The fourth-order valence-corrected chi connectivity index (χ4v) is 2.26. The summed E-state index contributed by atoms with van der Waals surface area (Å²) in [6.45, 7) is 1.46. The van der Waals surface area contributed by atoms with E-state index in [0.29, 0.717) is 17.1 Å². The first-order chi connectivity index (χ1) is 10.1. The molecular formula is C17H19ClN2O. The van der Waals surface area contributed by atoms with E-state index in [1.165, 1.54) is 11.1 Å². The van der Waals surface area contributed by atoms with Crippen molar-refractivity contribution in [1.29, 1.82) is 0 Å². The molecule has 2 aromatic rings. The van der Waals surface area contributed by atoms with Crippen LogP contribution in [0.15, 0.2) is 47.5 Å². The largest absolute Gasteiger partial charge is 0.507 e. The average molecular weight is 303 g/mol. The molecule has 0 saturated carbocycles. The van der Waals surface area contributed by atoms with Crippen LogP contribution in [0.25, 0.3) is 0 Å². The summed E-state index contributed by atoms with van der Waals surface area (Å²) in [6.07, 6.45) is 1.66. The lowest BCUT2D eigenvalue weighted by Gasteiger charge is -2.12. The number of hydrogen-bond donors (Lipinski definition) is 1. The summed E-state index contributed by atoms with van der Waals surface area (Å²) in [5.41, 5.74) is 3.08. The summed E-state index contributed by atoms with van der Waals surface area (Å²) in [5.74, 6) is 0.185. The van der Waals surface area contributed by atoms with Crippen LogP contribution in [-0.2, 0) is 13.1 Å². The smallest absolute Gasteiger partial charge is 0.124 e. The molecule has 0 unspecified atom stereocenters. The number of nitrogens with zero attached hydrogens (tertiary/aromatic N) is 2. The molecule has 110 valence electrons. The van der Waals surface area contributed by atoms with Crippen LogP contribution in [0.1, 0.15) is 16.7 Å². The van der Waals surface area contributed by atoms with Crippen LogP contribution in [-0.4, -0.2) is 30.3 Å². The van der Waals surface area contributed by atoms with Crippen LogP contribution in [0.5, 0.6) is 5.75 Å². The van der Waals surface area contributed by atoms with Gasteiger partial charge in [-0.3, -0.25) is 4.99 Å². The third-order valence-corrected chi connectivity index (χ3v) is 3.32. The van der Waals surface area contributed by atoms with Gasteiger partial charge in [-0.05, 0) is 43.4 Å². The predicted octanol–water partition coefficient (Wildman–Crippen LogP) is 3.73. The molecule has 0 bridgehead atoms. The molecule has 0 amide bonds. The standard InChI is InChI=1S/C17H19ClN2O/c1-20(2)12-14-6-4-3-5-13(14)10-19-11-15-9-16(18)7-8-17(15)21/h3-9,11,21H,10,12H2,1-2H3. The second kappa shape index (κ2) is 7.25. The highest BCUT2D eigenvalue weighted by molar-refractivity contribution is 6.30. The minimum atomic E-state index is 0.185. The molecule has 0 fully saturated rings. The van der Waals surface area contributed by atoms with E-state index < -0.39 is 0 Å². The molecule has 0 aliphatic carbocycles. The summed E-state index contributed by atoms with van der Waals surface area (Å²) in [5, 5.41) is 10.3. The van der Waals surface area contributed by atoms with Gasteiger partial charge in [0.2, 0.25) is 0 Å². The SMILES string of the molecule is CN(C)Cc1ccccc1CN=Cc1cc(Cl)ccc1O. The van der Waals surface area contributed by atoms with Gasteiger partial charge in [0.05, 0.1) is 6.54 Å². The summed E-state index contributed by atoms with van der Waals surface area (Å²) in [6, 6.07) is 13.2. The van der Waals surface area contributed by atoms with Crippen LogP contribution in [0, 0.1) is 0 Å². The highest BCUT2D eigenvalue weighted by atomic mass is 35.5. The molecule has 0 aliphatic rings. The van der Waals surface area contributed by atoms with E-state index in [-0.39, 0.29) is 5.75 Å². The van der Waals surface area contributed by atoms with Gasteiger partial charge in [0, 0.05) is 23.3 Å². The maximum Gasteiger partial charge on any atom is 0.124 e. The van der Waals surface area contributed by atoms with Crippen molar-refractivity contribution < 1.29 is 5.11 Å². The molecule has 0 aliphatic heterocycles. The highest BCUT2D eigenvalue weighted by Gasteiger charge is 2.02. The Balaban J connectivity index is 2.12. The Hall–Kier alpha value is -1.84. The molecule has 0 saturated heterocycles. The number of aliphatic imine (C=N–C) groups is 1. The van der Waals surface area contributed by atoms with Crippen LogP contribution in [0.2, 0.25) is 5.02 Å². The first-order valence-corrected chi connectivity index (χ1v) is 7.14. The van der Waals surface area contributed by atoms with Crippen LogP contribution < -0.4 is 0 Å². The molecular weight excluding hydrogens is 284 g/mol. The molecule has 21 heavy (non-hydrogen) atoms. The summed E-state index contributed by atoms with van der Waals surface area (Å²) >= 11 is 5.92. The van der Waals surface area contributed by atoms with Crippen molar-refractivity contribution in [3.05, 3.63) is 64.2 Å². The molecule has 0 heterocycles. The molecule has 1 N–H and O–H groups in total. The summed E-state index contributed by atoms with van der Waals surface area (Å²) < 4.78 is 0. The maximum absolute atomic E-state index is 9.75. The lowest BCUT2D eigenvalue weighted by atomic mass is 10.1.